The van der Waals surface area contributed by atoms with Crippen molar-refractivity contribution in [2.75, 3.05) is 0 Å². The van der Waals surface area contributed by atoms with Gasteiger partial charge in [-0.05, 0) is 116 Å². The molecule has 0 aromatic rings. The maximum absolute atomic E-state index is 7.01. The average Bonchev–Trinajstić information content (AvgIpc) is 2.77. The third-order valence-electron chi connectivity index (χ3n) is 10.6. The van der Waals surface area contributed by atoms with Crippen LogP contribution < -0.4 is 0 Å². The molecular weight excluding hydrogens is 487 g/mol. The van der Waals surface area contributed by atoms with Gasteiger partial charge in [0.15, 0.2) is 0 Å². The molecule has 3 nitrogen and oxygen atoms in total. The van der Waals surface area contributed by atoms with Crippen LogP contribution in [0.5, 0.6) is 0 Å². The fourth-order valence-electron chi connectivity index (χ4n) is 7.46. The molecule has 0 aromatic carbocycles. The summed E-state index contributed by atoms with van der Waals surface area (Å²) in [6.45, 7) is 28.8. The van der Waals surface area contributed by atoms with E-state index in [2.05, 4.69) is 83.1 Å². The quantitative estimate of drug-likeness (QED) is 0.307. The van der Waals surface area contributed by atoms with Gasteiger partial charge in [0.1, 0.15) is 0 Å². The van der Waals surface area contributed by atoms with Crippen molar-refractivity contribution in [1.29, 1.82) is 0 Å². The van der Waals surface area contributed by atoms with Gasteiger partial charge < -0.3 is 13.6 Å². The van der Waals surface area contributed by atoms with Crippen molar-refractivity contribution in [2.45, 2.75) is 172 Å². The van der Waals surface area contributed by atoms with Gasteiger partial charge >= 0.3 is 8.60 Å². The Bertz CT molecular complexity index is 670. The second-order valence-electron chi connectivity index (χ2n) is 17.6. The molecule has 4 heteroatoms. The van der Waals surface area contributed by atoms with E-state index in [1.54, 1.807) is 0 Å². The molecule has 0 spiro atoms. The third-order valence-corrected chi connectivity index (χ3v) is 12.0. The number of hydrogen-bond donors (Lipinski definition) is 0. The second kappa shape index (κ2) is 12.7. The number of hydrogen-bond acceptors (Lipinski definition) is 3. The van der Waals surface area contributed by atoms with Gasteiger partial charge in [-0.25, -0.2) is 0 Å². The van der Waals surface area contributed by atoms with Crippen LogP contribution in [0, 0.1) is 45.3 Å². The van der Waals surface area contributed by atoms with E-state index in [0.29, 0.717) is 22.2 Å². The Hall–Kier alpha value is 0.310. The van der Waals surface area contributed by atoms with Crippen LogP contribution in [0.15, 0.2) is 0 Å². The van der Waals surface area contributed by atoms with Crippen molar-refractivity contribution in [3.63, 3.8) is 0 Å². The predicted octanol–water partition coefficient (Wildman–Crippen LogP) is 11.3. The van der Waals surface area contributed by atoms with Gasteiger partial charge in [-0.3, -0.25) is 0 Å². The number of rotatable bonds is 6. The third kappa shape index (κ3) is 9.42. The SMILES string of the molecule is CC(C)(C)C1CCC(OP(OC2CCC(C(C)(C)C)CC2)OC2CCC(C(C)(C)C)CC2C(C)(C)C)CC1. The van der Waals surface area contributed by atoms with Gasteiger partial charge in [0, 0.05) is 0 Å². The van der Waals surface area contributed by atoms with E-state index in [0.717, 1.165) is 49.9 Å². The second-order valence-corrected chi connectivity index (χ2v) is 18.7. The highest BCUT2D eigenvalue weighted by atomic mass is 31.2. The average molecular weight is 553 g/mol. The lowest BCUT2D eigenvalue weighted by molar-refractivity contribution is -0.0407. The molecule has 3 fully saturated rings. The molecule has 38 heavy (non-hydrogen) atoms. The molecule has 224 valence electrons. The summed E-state index contributed by atoms with van der Waals surface area (Å²) in [5.74, 6) is 2.87. The van der Waals surface area contributed by atoms with E-state index in [4.69, 9.17) is 13.6 Å². The minimum atomic E-state index is -1.33. The van der Waals surface area contributed by atoms with Gasteiger partial charge in [-0.1, -0.05) is 83.1 Å². The standard InChI is InChI=1S/C34H65O3P/c1-31(2,3)24-13-18-27(19-14-24)35-38(36-28-20-15-25(16-21-28)32(4,5)6)37-30-22-17-26(33(7,8)9)23-29(30)34(10,11)12/h24-30H,13-23H2,1-12H3. The largest absolute Gasteiger partial charge is 0.333 e. The Morgan fingerprint density at radius 2 is 0.789 bits per heavy atom. The highest BCUT2D eigenvalue weighted by Crippen LogP contribution is 2.55. The van der Waals surface area contributed by atoms with Crippen molar-refractivity contribution in [3.8, 4) is 0 Å². The monoisotopic (exact) mass is 552 g/mol. The van der Waals surface area contributed by atoms with Gasteiger partial charge in [-0.15, -0.1) is 0 Å². The van der Waals surface area contributed by atoms with E-state index in [1.165, 1.54) is 38.5 Å². The maximum atomic E-state index is 7.01. The molecule has 0 heterocycles. The van der Waals surface area contributed by atoms with Crippen LogP contribution in [-0.4, -0.2) is 18.3 Å². The summed E-state index contributed by atoms with van der Waals surface area (Å²) in [7, 11) is -1.33. The molecular formula is C34H65O3P. The Balaban J connectivity index is 1.69. The Morgan fingerprint density at radius 1 is 0.421 bits per heavy atom. The first-order valence-electron chi connectivity index (χ1n) is 16.1. The molecule has 0 N–H and O–H groups in total. The van der Waals surface area contributed by atoms with Gasteiger partial charge in [-0.2, -0.15) is 0 Å². The lowest BCUT2D eigenvalue weighted by atomic mass is 9.62. The first kappa shape index (κ1) is 32.8. The summed E-state index contributed by atoms with van der Waals surface area (Å²) in [5.41, 5.74) is 1.34. The van der Waals surface area contributed by atoms with Crippen molar-refractivity contribution in [3.05, 3.63) is 0 Å². The van der Waals surface area contributed by atoms with E-state index in [9.17, 15) is 0 Å². The van der Waals surface area contributed by atoms with Crippen LogP contribution in [0.4, 0.5) is 0 Å². The maximum Gasteiger partial charge on any atom is 0.333 e. The lowest BCUT2D eigenvalue weighted by Crippen LogP contribution is -2.42. The molecule has 0 aromatic heterocycles. The molecule has 0 saturated heterocycles. The Kier molecular flexibility index (Phi) is 10.9. The molecule has 0 bridgehead atoms. The molecule has 0 radical (unpaired) electrons. The van der Waals surface area contributed by atoms with Crippen molar-refractivity contribution in [1.82, 2.24) is 0 Å². The van der Waals surface area contributed by atoms with E-state index in [1.807, 2.05) is 0 Å². The highest BCUT2D eigenvalue weighted by Gasteiger charge is 2.44. The van der Waals surface area contributed by atoms with Crippen LogP contribution >= 0.6 is 8.60 Å². The summed E-state index contributed by atoms with van der Waals surface area (Å²) in [5, 5.41) is 0. The summed E-state index contributed by atoms with van der Waals surface area (Å²) >= 11 is 0. The van der Waals surface area contributed by atoms with E-state index >= 15 is 0 Å². The normalized spacial score (nSPS) is 35.2. The van der Waals surface area contributed by atoms with Crippen molar-refractivity contribution < 1.29 is 13.6 Å². The van der Waals surface area contributed by atoms with Gasteiger partial charge in [0.25, 0.3) is 0 Å². The fraction of sp³-hybridized carbons (Fsp3) is 1.00. The molecule has 3 aliphatic carbocycles. The molecule has 0 aliphatic heterocycles. The van der Waals surface area contributed by atoms with E-state index < -0.39 is 8.60 Å². The summed E-state index contributed by atoms with van der Waals surface area (Å²) < 4.78 is 20.7. The summed E-state index contributed by atoms with van der Waals surface area (Å²) in [6.07, 6.45) is 14.0. The minimum absolute atomic E-state index is 0.213. The highest BCUT2D eigenvalue weighted by molar-refractivity contribution is 7.41. The molecule has 0 amide bonds. The molecule has 3 saturated carbocycles. The van der Waals surface area contributed by atoms with Crippen LogP contribution in [-0.2, 0) is 13.6 Å². The van der Waals surface area contributed by atoms with Crippen molar-refractivity contribution in [2.24, 2.45) is 45.3 Å². The summed E-state index contributed by atoms with van der Waals surface area (Å²) in [6, 6.07) is 0. The van der Waals surface area contributed by atoms with Crippen LogP contribution in [0.3, 0.4) is 0 Å². The molecule has 3 unspecified atom stereocenters. The topological polar surface area (TPSA) is 27.7 Å². The predicted molar refractivity (Wildman–Crippen MR) is 164 cm³/mol. The molecule has 3 rings (SSSR count). The molecule has 3 aliphatic rings. The zero-order chi connectivity index (χ0) is 28.5. The summed E-state index contributed by atoms with van der Waals surface area (Å²) in [4.78, 5) is 0. The van der Waals surface area contributed by atoms with Crippen LogP contribution in [0.1, 0.15) is 154 Å². The molecule has 3 atom stereocenters. The Morgan fingerprint density at radius 3 is 1.13 bits per heavy atom. The zero-order valence-electron chi connectivity index (χ0n) is 27.5. The Labute approximate surface area is 239 Å². The van der Waals surface area contributed by atoms with Gasteiger partial charge in [0.2, 0.25) is 0 Å². The van der Waals surface area contributed by atoms with E-state index in [-0.39, 0.29) is 23.7 Å². The smallest absolute Gasteiger partial charge is 0.309 e. The first-order valence-corrected chi connectivity index (χ1v) is 17.2. The fourth-order valence-corrected chi connectivity index (χ4v) is 8.99. The van der Waals surface area contributed by atoms with Crippen molar-refractivity contribution >= 4 is 8.60 Å². The van der Waals surface area contributed by atoms with Gasteiger partial charge in [0.05, 0.1) is 18.3 Å². The van der Waals surface area contributed by atoms with Crippen LogP contribution in [0.2, 0.25) is 0 Å². The first-order chi connectivity index (χ1) is 17.3. The minimum Gasteiger partial charge on any atom is -0.309 e. The van der Waals surface area contributed by atoms with Crippen LogP contribution in [0.25, 0.3) is 0 Å². The lowest BCUT2D eigenvalue weighted by Gasteiger charge is -2.47. The zero-order valence-corrected chi connectivity index (χ0v) is 28.4.